The highest BCUT2D eigenvalue weighted by atomic mass is 16.5. The van der Waals surface area contributed by atoms with Crippen LogP contribution in [0, 0.1) is 11.3 Å². The predicted octanol–water partition coefficient (Wildman–Crippen LogP) is 4.38. The molecule has 1 fully saturated rings. The van der Waals surface area contributed by atoms with Crippen molar-refractivity contribution < 1.29 is 19.0 Å². The number of allylic oxidation sites excluding steroid dienone is 3. The van der Waals surface area contributed by atoms with Gasteiger partial charge in [-0.3, -0.25) is 4.79 Å². The first-order valence-electron chi connectivity index (χ1n) is 10.0. The molecule has 28 heavy (non-hydrogen) atoms. The van der Waals surface area contributed by atoms with Gasteiger partial charge < -0.3 is 14.2 Å². The third-order valence-electron chi connectivity index (χ3n) is 5.96. The highest BCUT2D eigenvalue weighted by Gasteiger charge is 2.49. The van der Waals surface area contributed by atoms with Crippen LogP contribution in [0.4, 0.5) is 0 Å². The number of carbonyl (C=O) groups is 1. The first-order valence-corrected chi connectivity index (χ1v) is 10.0. The first kappa shape index (κ1) is 19.2. The van der Waals surface area contributed by atoms with E-state index in [1.807, 2.05) is 25.1 Å². The predicted molar refractivity (Wildman–Crippen MR) is 108 cm³/mol. The lowest BCUT2D eigenvalue weighted by molar-refractivity contribution is -0.116. The van der Waals surface area contributed by atoms with E-state index in [1.165, 1.54) is 5.57 Å². The van der Waals surface area contributed by atoms with Crippen molar-refractivity contribution in [1.29, 1.82) is 0 Å². The van der Waals surface area contributed by atoms with Crippen molar-refractivity contribution in [2.24, 2.45) is 11.3 Å². The van der Waals surface area contributed by atoms with Crippen molar-refractivity contribution in [1.82, 2.24) is 0 Å². The monoisotopic (exact) mass is 380 g/mol. The Bertz CT molecular complexity index is 862. The Morgan fingerprint density at radius 3 is 2.79 bits per heavy atom. The average Bonchev–Trinajstić information content (AvgIpc) is 2.76. The van der Waals surface area contributed by atoms with Crippen LogP contribution in [0.15, 0.2) is 64.5 Å². The van der Waals surface area contributed by atoms with Gasteiger partial charge in [-0.05, 0) is 29.7 Å². The van der Waals surface area contributed by atoms with Gasteiger partial charge >= 0.3 is 0 Å². The zero-order valence-corrected chi connectivity index (χ0v) is 16.9. The van der Waals surface area contributed by atoms with Crippen molar-refractivity contribution in [2.75, 3.05) is 26.4 Å². The minimum Gasteiger partial charge on any atom is -0.490 e. The molecule has 1 aliphatic heterocycles. The number of hydrogen-bond donors (Lipinski definition) is 0. The molecule has 4 heteroatoms. The second kappa shape index (κ2) is 7.69. The van der Waals surface area contributed by atoms with Gasteiger partial charge in [0.2, 0.25) is 0 Å². The number of rotatable bonds is 5. The summed E-state index contributed by atoms with van der Waals surface area (Å²) < 4.78 is 18.0. The number of hydrogen-bond acceptors (Lipinski definition) is 4. The molecular formula is C24H28O4. The molecule has 1 heterocycles. The van der Waals surface area contributed by atoms with Crippen LogP contribution in [0.2, 0.25) is 0 Å². The molecular weight excluding hydrogens is 352 g/mol. The van der Waals surface area contributed by atoms with Crippen LogP contribution in [-0.4, -0.2) is 32.2 Å². The van der Waals surface area contributed by atoms with Crippen molar-refractivity contribution in [3.63, 3.8) is 0 Å². The Kier molecular flexibility index (Phi) is 5.26. The number of ether oxygens (including phenoxy) is 3. The maximum absolute atomic E-state index is 12.4. The van der Waals surface area contributed by atoms with Gasteiger partial charge in [0.25, 0.3) is 0 Å². The van der Waals surface area contributed by atoms with E-state index in [-0.39, 0.29) is 17.1 Å². The topological polar surface area (TPSA) is 44.8 Å². The van der Waals surface area contributed by atoms with Crippen molar-refractivity contribution in [3.05, 3.63) is 70.0 Å². The summed E-state index contributed by atoms with van der Waals surface area (Å²) in [4.78, 5) is 12.4. The van der Waals surface area contributed by atoms with E-state index in [0.717, 1.165) is 28.0 Å². The zero-order chi connectivity index (χ0) is 19.7. The van der Waals surface area contributed by atoms with Gasteiger partial charge in [0.05, 0.1) is 26.4 Å². The van der Waals surface area contributed by atoms with Gasteiger partial charge in [-0.15, -0.1) is 0 Å². The molecule has 0 radical (unpaired) electrons. The van der Waals surface area contributed by atoms with Gasteiger partial charge in [0.15, 0.2) is 5.78 Å². The summed E-state index contributed by atoms with van der Waals surface area (Å²) in [6.07, 6.45) is 2.24. The molecule has 0 amide bonds. The summed E-state index contributed by atoms with van der Waals surface area (Å²) in [5.74, 6) is 1.28. The second-order valence-corrected chi connectivity index (χ2v) is 8.20. The molecule has 4 nitrogen and oxygen atoms in total. The summed E-state index contributed by atoms with van der Waals surface area (Å²) in [6, 6.07) is 10.2. The lowest BCUT2D eigenvalue weighted by atomic mass is 9.66. The molecule has 4 rings (SSSR count). The van der Waals surface area contributed by atoms with E-state index in [0.29, 0.717) is 39.5 Å². The van der Waals surface area contributed by atoms with E-state index in [9.17, 15) is 4.79 Å². The minimum atomic E-state index is -0.337. The van der Waals surface area contributed by atoms with Crippen LogP contribution in [0.5, 0.6) is 0 Å². The van der Waals surface area contributed by atoms with Crippen LogP contribution >= 0.6 is 0 Å². The summed E-state index contributed by atoms with van der Waals surface area (Å²) in [7, 11) is 0. The Morgan fingerprint density at radius 2 is 2.00 bits per heavy atom. The van der Waals surface area contributed by atoms with Gasteiger partial charge in [-0.1, -0.05) is 44.2 Å². The molecule has 0 bridgehead atoms. The summed E-state index contributed by atoms with van der Waals surface area (Å²) >= 11 is 0. The Hall–Kier alpha value is -2.17. The first-order chi connectivity index (χ1) is 13.5. The molecule has 0 aromatic heterocycles. The molecule has 0 N–H and O–H groups in total. The zero-order valence-electron chi connectivity index (χ0n) is 16.9. The summed E-state index contributed by atoms with van der Waals surface area (Å²) in [6.45, 7) is 9.23. The fraction of sp³-hybridized carbons (Fsp3) is 0.458. The van der Waals surface area contributed by atoms with Gasteiger partial charge in [0, 0.05) is 28.9 Å². The van der Waals surface area contributed by atoms with E-state index in [1.54, 1.807) is 6.08 Å². The van der Waals surface area contributed by atoms with Gasteiger partial charge in [-0.25, -0.2) is 0 Å². The number of carbonyl (C=O) groups excluding carboxylic acids is 1. The quantitative estimate of drug-likeness (QED) is 0.761. The lowest BCUT2D eigenvalue weighted by Gasteiger charge is -2.37. The fourth-order valence-electron chi connectivity index (χ4n) is 5.03. The molecule has 2 atom stereocenters. The largest absolute Gasteiger partial charge is 0.490 e. The maximum Gasteiger partial charge on any atom is 0.157 e. The fourth-order valence-corrected chi connectivity index (χ4v) is 5.03. The third-order valence-corrected chi connectivity index (χ3v) is 5.96. The van der Waals surface area contributed by atoms with Crippen LogP contribution < -0.4 is 0 Å². The minimum absolute atomic E-state index is 0.167. The number of benzene rings is 1. The number of fused-ring (bicyclic) bond motifs is 2. The van der Waals surface area contributed by atoms with E-state index < -0.39 is 0 Å². The van der Waals surface area contributed by atoms with Gasteiger partial charge in [0.1, 0.15) is 12.4 Å². The normalized spacial score (nSPS) is 25.7. The van der Waals surface area contributed by atoms with E-state index in [2.05, 4.69) is 26.0 Å². The van der Waals surface area contributed by atoms with Crippen molar-refractivity contribution in [2.45, 2.75) is 33.8 Å². The Balaban J connectivity index is 1.62. The summed E-state index contributed by atoms with van der Waals surface area (Å²) in [5.41, 5.74) is 5.37. The molecule has 0 saturated carbocycles. The molecule has 1 aromatic rings. The van der Waals surface area contributed by atoms with Crippen LogP contribution in [-0.2, 0) is 25.6 Å². The van der Waals surface area contributed by atoms with E-state index >= 15 is 0 Å². The Labute approximate surface area is 166 Å². The highest BCUT2D eigenvalue weighted by Crippen LogP contribution is 2.56. The maximum atomic E-state index is 12.4. The molecule has 0 spiro atoms. The molecule has 1 unspecified atom stereocenters. The second-order valence-electron chi connectivity index (χ2n) is 8.20. The molecule has 148 valence electrons. The average molecular weight is 380 g/mol. The summed E-state index contributed by atoms with van der Waals surface area (Å²) in [5, 5.41) is 0. The lowest BCUT2D eigenvalue weighted by Crippen LogP contribution is -2.31. The number of ketones is 1. The molecule has 1 aromatic carbocycles. The van der Waals surface area contributed by atoms with Crippen LogP contribution in [0.1, 0.15) is 32.8 Å². The van der Waals surface area contributed by atoms with Crippen molar-refractivity contribution >= 4 is 5.78 Å². The van der Waals surface area contributed by atoms with Gasteiger partial charge in [-0.2, -0.15) is 0 Å². The SMILES string of the molecule is CC1=CC(=O)C[C@@]2(C)C1=C1OCCOCC1=C2C(C)COCc1ccccc1. The van der Waals surface area contributed by atoms with E-state index in [4.69, 9.17) is 14.2 Å². The molecule has 1 saturated heterocycles. The van der Waals surface area contributed by atoms with Crippen LogP contribution in [0.25, 0.3) is 0 Å². The molecule has 2 aliphatic carbocycles. The van der Waals surface area contributed by atoms with Crippen LogP contribution in [0.3, 0.4) is 0 Å². The molecule has 3 aliphatic rings. The van der Waals surface area contributed by atoms with Crippen molar-refractivity contribution in [3.8, 4) is 0 Å². The smallest absolute Gasteiger partial charge is 0.157 e. The standard InChI is InChI=1S/C24H28O4/c1-16-11-19(25)12-24(3)21(20-15-26-9-10-28-23(20)22(16)24)17(2)13-27-14-18-7-5-4-6-8-18/h4-8,11,17H,9-10,12-15H2,1-3H3/t17?,24-/m1/s1. The highest BCUT2D eigenvalue weighted by molar-refractivity contribution is 5.95. The third kappa shape index (κ3) is 3.36. The Morgan fingerprint density at radius 1 is 1.21 bits per heavy atom.